The first-order valence-electron chi connectivity index (χ1n) is 8.30. The van der Waals surface area contributed by atoms with Crippen molar-refractivity contribution in [3.8, 4) is 0 Å². The first-order valence-corrected chi connectivity index (χ1v) is 9.09. The van der Waals surface area contributed by atoms with E-state index < -0.39 is 0 Å². The lowest BCUT2D eigenvalue weighted by Crippen LogP contribution is -2.37. The molecule has 1 aromatic rings. The summed E-state index contributed by atoms with van der Waals surface area (Å²) in [6.07, 6.45) is 7.34. The number of aliphatic hydroxyl groups is 1. The Morgan fingerprint density at radius 1 is 1.33 bits per heavy atom. The van der Waals surface area contributed by atoms with E-state index >= 15 is 0 Å². The molecule has 1 aliphatic carbocycles. The molecule has 0 radical (unpaired) electrons. The molecule has 1 N–H and O–H groups in total. The highest BCUT2D eigenvalue weighted by molar-refractivity contribution is 9.10. The van der Waals surface area contributed by atoms with Gasteiger partial charge in [0, 0.05) is 24.1 Å². The molecule has 0 saturated heterocycles. The van der Waals surface area contributed by atoms with Crippen LogP contribution in [0.5, 0.6) is 0 Å². The molecule has 1 unspecified atom stereocenters. The van der Waals surface area contributed by atoms with Crippen molar-refractivity contribution < 1.29 is 5.11 Å². The van der Waals surface area contributed by atoms with Crippen LogP contribution in [-0.2, 0) is 13.0 Å². The number of rotatable bonds is 4. The first kappa shape index (κ1) is 15.5. The fraction of sp³-hybridized carbons (Fsp3) is 0.667. The van der Waals surface area contributed by atoms with Crippen molar-refractivity contribution >= 4 is 15.9 Å². The zero-order valence-electron chi connectivity index (χ0n) is 12.9. The van der Waals surface area contributed by atoms with Gasteiger partial charge in [0.05, 0.1) is 6.10 Å². The highest BCUT2D eigenvalue weighted by Crippen LogP contribution is 2.30. The number of aliphatic hydroxyl groups excluding tert-OH is 1. The second-order valence-electron chi connectivity index (χ2n) is 6.89. The van der Waals surface area contributed by atoms with E-state index in [9.17, 15) is 5.11 Å². The van der Waals surface area contributed by atoms with Crippen molar-refractivity contribution in [1.82, 2.24) is 4.90 Å². The number of aryl methyl sites for hydroxylation is 1. The SMILES string of the molecule is Cc1cc(Br)cc2c1CN(CC(O)CC1CCCC1)CC2. The van der Waals surface area contributed by atoms with E-state index in [1.807, 2.05) is 0 Å². The molecule has 0 bridgehead atoms. The summed E-state index contributed by atoms with van der Waals surface area (Å²) in [6.45, 7) is 5.11. The number of β-amino-alcohol motifs (C(OH)–C–C–N with tert-alkyl or cyclic N) is 1. The standard InChI is InChI=1S/C18H26BrNO/c1-13-8-16(19)10-15-6-7-20(12-18(13)15)11-17(21)9-14-4-2-3-5-14/h8,10,14,17,21H,2-7,9,11-12H2,1H3. The molecule has 1 aliphatic heterocycles. The maximum atomic E-state index is 10.4. The van der Waals surface area contributed by atoms with Gasteiger partial charge in [0.25, 0.3) is 0 Å². The summed E-state index contributed by atoms with van der Waals surface area (Å²) in [6, 6.07) is 4.46. The summed E-state index contributed by atoms with van der Waals surface area (Å²) in [5.41, 5.74) is 4.32. The smallest absolute Gasteiger partial charge is 0.0669 e. The van der Waals surface area contributed by atoms with Gasteiger partial charge in [0.2, 0.25) is 0 Å². The van der Waals surface area contributed by atoms with E-state index in [2.05, 4.69) is 39.9 Å². The highest BCUT2D eigenvalue weighted by atomic mass is 79.9. The fourth-order valence-electron chi connectivity index (χ4n) is 4.03. The second-order valence-corrected chi connectivity index (χ2v) is 7.80. The van der Waals surface area contributed by atoms with Crippen molar-refractivity contribution in [3.05, 3.63) is 33.3 Å². The molecule has 1 heterocycles. The quantitative estimate of drug-likeness (QED) is 0.884. The van der Waals surface area contributed by atoms with Crippen LogP contribution < -0.4 is 0 Å². The minimum atomic E-state index is -0.148. The highest BCUT2D eigenvalue weighted by Gasteiger charge is 2.23. The maximum Gasteiger partial charge on any atom is 0.0669 e. The zero-order valence-corrected chi connectivity index (χ0v) is 14.5. The van der Waals surface area contributed by atoms with Gasteiger partial charge >= 0.3 is 0 Å². The number of benzene rings is 1. The molecule has 3 heteroatoms. The van der Waals surface area contributed by atoms with Gasteiger partial charge in [0.1, 0.15) is 0 Å². The van der Waals surface area contributed by atoms with Crippen LogP contribution in [0.4, 0.5) is 0 Å². The third-order valence-electron chi connectivity index (χ3n) is 5.16. The van der Waals surface area contributed by atoms with Crippen LogP contribution in [0.15, 0.2) is 16.6 Å². The normalized spacial score (nSPS) is 21.5. The van der Waals surface area contributed by atoms with Crippen molar-refractivity contribution in [2.24, 2.45) is 5.92 Å². The Morgan fingerprint density at radius 2 is 2.10 bits per heavy atom. The van der Waals surface area contributed by atoms with Crippen molar-refractivity contribution in [2.75, 3.05) is 13.1 Å². The molecular weight excluding hydrogens is 326 g/mol. The molecule has 1 saturated carbocycles. The van der Waals surface area contributed by atoms with E-state index in [0.29, 0.717) is 0 Å². The molecule has 0 amide bonds. The summed E-state index contributed by atoms with van der Waals surface area (Å²) in [7, 11) is 0. The van der Waals surface area contributed by atoms with Gasteiger partial charge in [-0.2, -0.15) is 0 Å². The number of hydrogen-bond acceptors (Lipinski definition) is 2. The lowest BCUT2D eigenvalue weighted by molar-refractivity contribution is 0.0853. The third kappa shape index (κ3) is 3.88. The average molecular weight is 352 g/mol. The Labute approximate surface area is 136 Å². The number of nitrogens with zero attached hydrogens (tertiary/aromatic N) is 1. The van der Waals surface area contributed by atoms with Crippen LogP contribution in [0.1, 0.15) is 48.8 Å². The molecule has 2 aliphatic rings. The lowest BCUT2D eigenvalue weighted by Gasteiger charge is -2.32. The Balaban J connectivity index is 1.58. The zero-order chi connectivity index (χ0) is 14.8. The molecule has 1 aromatic carbocycles. The Hall–Kier alpha value is -0.380. The van der Waals surface area contributed by atoms with Gasteiger partial charge in [-0.1, -0.05) is 41.6 Å². The molecule has 3 rings (SSSR count). The van der Waals surface area contributed by atoms with Gasteiger partial charge in [0.15, 0.2) is 0 Å². The predicted octanol–water partition coefficient (Wildman–Crippen LogP) is 4.06. The first-order chi connectivity index (χ1) is 10.1. The summed E-state index contributed by atoms with van der Waals surface area (Å²) in [4.78, 5) is 2.43. The van der Waals surface area contributed by atoms with Gasteiger partial charge < -0.3 is 5.11 Å². The second kappa shape index (κ2) is 6.80. The molecular formula is C18H26BrNO. The van der Waals surface area contributed by atoms with Gasteiger partial charge in [-0.3, -0.25) is 4.90 Å². The molecule has 21 heavy (non-hydrogen) atoms. The van der Waals surface area contributed by atoms with Crippen LogP contribution >= 0.6 is 15.9 Å². The van der Waals surface area contributed by atoms with Crippen LogP contribution in [0.3, 0.4) is 0 Å². The van der Waals surface area contributed by atoms with Crippen molar-refractivity contribution in [2.45, 2.75) is 58.1 Å². The predicted molar refractivity (Wildman–Crippen MR) is 90.4 cm³/mol. The molecule has 2 nitrogen and oxygen atoms in total. The number of fused-ring (bicyclic) bond motifs is 1. The largest absolute Gasteiger partial charge is 0.392 e. The number of hydrogen-bond donors (Lipinski definition) is 1. The molecule has 1 fully saturated rings. The number of halogens is 1. The lowest BCUT2D eigenvalue weighted by atomic mass is 9.94. The molecule has 116 valence electrons. The van der Waals surface area contributed by atoms with E-state index in [1.54, 1.807) is 0 Å². The average Bonchev–Trinajstić information content (AvgIpc) is 2.92. The summed E-state index contributed by atoms with van der Waals surface area (Å²) in [5.74, 6) is 0.773. The minimum absolute atomic E-state index is 0.148. The Morgan fingerprint density at radius 3 is 2.86 bits per heavy atom. The van der Waals surface area contributed by atoms with E-state index in [-0.39, 0.29) is 6.10 Å². The van der Waals surface area contributed by atoms with Crippen molar-refractivity contribution in [1.29, 1.82) is 0 Å². The maximum absolute atomic E-state index is 10.4. The van der Waals surface area contributed by atoms with Crippen molar-refractivity contribution in [3.63, 3.8) is 0 Å². The van der Waals surface area contributed by atoms with E-state index in [1.165, 1.54) is 46.8 Å². The molecule has 0 spiro atoms. The Kier molecular flexibility index (Phi) is 5.03. The summed E-state index contributed by atoms with van der Waals surface area (Å²) < 4.78 is 1.19. The molecule has 0 aromatic heterocycles. The third-order valence-corrected chi connectivity index (χ3v) is 5.62. The van der Waals surface area contributed by atoms with Crippen LogP contribution in [0.25, 0.3) is 0 Å². The topological polar surface area (TPSA) is 23.5 Å². The van der Waals surface area contributed by atoms with Crippen LogP contribution in [0, 0.1) is 12.8 Å². The summed E-state index contributed by atoms with van der Waals surface area (Å²) >= 11 is 3.59. The van der Waals surface area contributed by atoms with Gasteiger partial charge in [-0.15, -0.1) is 0 Å². The van der Waals surface area contributed by atoms with Gasteiger partial charge in [-0.25, -0.2) is 0 Å². The van der Waals surface area contributed by atoms with Gasteiger partial charge in [-0.05, 0) is 54.5 Å². The van der Waals surface area contributed by atoms with Crippen LogP contribution in [-0.4, -0.2) is 29.2 Å². The van der Waals surface area contributed by atoms with E-state index in [0.717, 1.165) is 38.4 Å². The summed E-state index contributed by atoms with van der Waals surface area (Å²) in [5, 5.41) is 10.4. The van der Waals surface area contributed by atoms with Crippen LogP contribution in [0.2, 0.25) is 0 Å². The monoisotopic (exact) mass is 351 g/mol. The van der Waals surface area contributed by atoms with E-state index in [4.69, 9.17) is 0 Å². The fourth-order valence-corrected chi connectivity index (χ4v) is 4.65. The minimum Gasteiger partial charge on any atom is -0.392 e. The Bertz CT molecular complexity index is 496. The molecule has 1 atom stereocenters.